The van der Waals surface area contributed by atoms with Crippen LogP contribution in [0.4, 0.5) is 11.5 Å². The van der Waals surface area contributed by atoms with E-state index in [1.165, 1.54) is 11.8 Å². The van der Waals surface area contributed by atoms with Crippen LogP contribution in [0.5, 0.6) is 5.75 Å². The minimum Gasteiger partial charge on any atom is -0.507 e. The predicted molar refractivity (Wildman–Crippen MR) is 210 cm³/mol. The number of phenols is 1. The average Bonchev–Trinajstić information content (AvgIpc) is 3.75. The van der Waals surface area contributed by atoms with Crippen LogP contribution in [-0.4, -0.2) is 96.8 Å². The van der Waals surface area contributed by atoms with E-state index >= 15 is 0 Å². The van der Waals surface area contributed by atoms with E-state index in [4.69, 9.17) is 5.73 Å². The number of hydrogen-bond acceptors (Lipinski definition) is 11. The molecule has 2 aliphatic heterocycles. The van der Waals surface area contributed by atoms with Gasteiger partial charge in [-0.25, -0.2) is 4.98 Å². The van der Waals surface area contributed by atoms with Gasteiger partial charge in [-0.15, -0.1) is 21.5 Å². The zero-order valence-electron chi connectivity index (χ0n) is 31.7. The summed E-state index contributed by atoms with van der Waals surface area (Å²) < 4.78 is 0. The number of β-amino-alcohol motifs (C(OH)–C–C–N with tert-alkyl or cyclic N) is 1. The number of nitrogen functional groups attached to an aromatic ring is 1. The SMILES string of the molecule is CC(=O)N(C1CCN(c2cc(-c3ccccc3O)nnc2N)CC1)[C@H](C(=O)N1C[C@H](O)C[C@H]1C(=O)N[C@@H](C)c1ccc(-c2scnc2C)cc1)C(C)(C)C. The summed E-state index contributed by atoms with van der Waals surface area (Å²) in [6.45, 7) is 12.2. The summed E-state index contributed by atoms with van der Waals surface area (Å²) in [7, 11) is 0. The number of thiazole rings is 1. The number of aliphatic hydroxyl groups is 1. The standard InChI is InChI=1S/C40H50N8O5S/c1-23(26-11-13-27(14-12-26)35-24(2)42-22-54-35)43-38(52)33-19-29(50)21-47(33)39(53)36(40(4,5)6)48(25(3)49)28-15-17-46(18-16-28)32-20-31(44-45-37(32)41)30-9-7-8-10-34(30)51/h7-14,20,22-23,28-29,33,36,50-51H,15-19,21H2,1-6H3,(H2,41,45)(H,43,52)/t23-,29+,33-,36+/m0/s1. The van der Waals surface area contributed by atoms with Crippen LogP contribution < -0.4 is 16.0 Å². The number of aryl methyl sites for hydroxylation is 1. The van der Waals surface area contributed by atoms with Gasteiger partial charge in [-0.1, -0.05) is 57.2 Å². The third-order valence-corrected chi connectivity index (χ3v) is 11.5. The molecule has 0 radical (unpaired) electrons. The number of benzene rings is 2. The Kier molecular flexibility index (Phi) is 11.2. The van der Waals surface area contributed by atoms with Crippen molar-refractivity contribution in [1.29, 1.82) is 0 Å². The summed E-state index contributed by atoms with van der Waals surface area (Å²) in [4.78, 5) is 52.7. The number of aromatic nitrogens is 3. The number of nitrogens with one attached hydrogen (secondary N) is 1. The van der Waals surface area contributed by atoms with E-state index in [1.807, 2.05) is 76.5 Å². The lowest BCUT2D eigenvalue weighted by atomic mass is 9.82. The van der Waals surface area contributed by atoms with Gasteiger partial charge in [0, 0.05) is 44.6 Å². The van der Waals surface area contributed by atoms with Crippen molar-refractivity contribution in [2.24, 2.45) is 5.41 Å². The van der Waals surface area contributed by atoms with Crippen LogP contribution in [0.2, 0.25) is 0 Å². The highest BCUT2D eigenvalue weighted by molar-refractivity contribution is 7.13. The van der Waals surface area contributed by atoms with E-state index in [0.717, 1.165) is 21.7 Å². The molecule has 0 spiro atoms. The third-order valence-electron chi connectivity index (χ3n) is 10.5. The maximum absolute atomic E-state index is 14.7. The fourth-order valence-corrected chi connectivity index (χ4v) is 8.58. The average molecular weight is 755 g/mol. The number of phenolic OH excluding ortho intramolecular Hbond substituents is 1. The van der Waals surface area contributed by atoms with Gasteiger partial charge < -0.3 is 36.0 Å². The van der Waals surface area contributed by atoms with Crippen LogP contribution in [0, 0.1) is 12.3 Å². The molecule has 0 unspecified atom stereocenters. The molecule has 2 aliphatic rings. The predicted octanol–water partition coefficient (Wildman–Crippen LogP) is 4.93. The lowest BCUT2D eigenvalue weighted by Crippen LogP contribution is -2.62. The molecule has 286 valence electrons. The smallest absolute Gasteiger partial charge is 0.246 e. The number of rotatable bonds is 9. The number of aromatic hydroxyl groups is 1. The van der Waals surface area contributed by atoms with Crippen LogP contribution in [0.15, 0.2) is 60.1 Å². The first-order valence-corrected chi connectivity index (χ1v) is 19.3. The Morgan fingerprint density at radius 1 is 1.06 bits per heavy atom. The Bertz CT molecular complexity index is 1990. The van der Waals surface area contributed by atoms with E-state index in [2.05, 4.69) is 25.4 Å². The molecule has 2 fully saturated rings. The van der Waals surface area contributed by atoms with E-state index in [0.29, 0.717) is 42.9 Å². The van der Waals surface area contributed by atoms with E-state index < -0.39 is 23.6 Å². The summed E-state index contributed by atoms with van der Waals surface area (Å²) >= 11 is 1.58. The van der Waals surface area contributed by atoms with Crippen molar-refractivity contribution in [3.8, 4) is 27.4 Å². The fourth-order valence-electron chi connectivity index (χ4n) is 7.77. The van der Waals surface area contributed by atoms with Gasteiger partial charge in [0.1, 0.15) is 17.8 Å². The second kappa shape index (κ2) is 15.7. The molecule has 0 saturated carbocycles. The maximum Gasteiger partial charge on any atom is 0.246 e. The highest BCUT2D eigenvalue weighted by Gasteiger charge is 2.48. The number of amides is 3. The Morgan fingerprint density at radius 3 is 2.35 bits per heavy atom. The lowest BCUT2D eigenvalue weighted by Gasteiger charge is -2.47. The molecule has 3 amide bonds. The molecular formula is C40H50N8O5S. The zero-order chi connectivity index (χ0) is 38.9. The van der Waals surface area contributed by atoms with Crippen molar-refractivity contribution in [2.45, 2.75) is 91.1 Å². The van der Waals surface area contributed by atoms with Crippen LogP contribution >= 0.6 is 11.3 Å². The summed E-state index contributed by atoms with van der Waals surface area (Å²) in [5, 5.41) is 32.6. The number of carbonyl (C=O) groups is 3. The van der Waals surface area contributed by atoms with Gasteiger partial charge in [0.25, 0.3) is 0 Å². The maximum atomic E-state index is 14.7. The molecule has 4 atom stereocenters. The number of nitrogens with two attached hydrogens (primary N) is 1. The number of para-hydroxylation sites is 1. The molecule has 0 aliphatic carbocycles. The third kappa shape index (κ3) is 8.04. The molecule has 4 aromatic rings. The highest BCUT2D eigenvalue weighted by Crippen LogP contribution is 2.36. The Balaban J connectivity index is 1.17. The minimum absolute atomic E-state index is 0.00140. The number of likely N-dealkylation sites (tertiary alicyclic amines) is 1. The highest BCUT2D eigenvalue weighted by atomic mass is 32.1. The van der Waals surface area contributed by atoms with Crippen molar-refractivity contribution < 1.29 is 24.6 Å². The minimum atomic E-state index is -0.894. The van der Waals surface area contributed by atoms with E-state index in [9.17, 15) is 24.6 Å². The van der Waals surface area contributed by atoms with Crippen LogP contribution in [0.25, 0.3) is 21.7 Å². The molecular weight excluding hydrogens is 705 g/mol. The quantitative estimate of drug-likeness (QED) is 0.183. The summed E-state index contributed by atoms with van der Waals surface area (Å²) in [5.74, 6) is -0.600. The van der Waals surface area contributed by atoms with Gasteiger partial charge in [-0.2, -0.15) is 0 Å². The van der Waals surface area contributed by atoms with Crippen molar-refractivity contribution >= 4 is 40.6 Å². The topological polar surface area (TPSA) is 178 Å². The zero-order valence-corrected chi connectivity index (χ0v) is 32.5. The molecule has 0 bridgehead atoms. The molecule has 5 N–H and O–H groups in total. The lowest BCUT2D eigenvalue weighted by molar-refractivity contribution is -0.155. The van der Waals surface area contributed by atoms with Gasteiger partial charge in [-0.3, -0.25) is 14.4 Å². The summed E-state index contributed by atoms with van der Waals surface area (Å²) in [6.07, 6.45) is 0.336. The van der Waals surface area contributed by atoms with Gasteiger partial charge in [0.2, 0.25) is 17.7 Å². The number of hydrogen-bond donors (Lipinski definition) is 4. The van der Waals surface area contributed by atoms with Crippen LogP contribution in [-0.2, 0) is 14.4 Å². The molecule has 54 heavy (non-hydrogen) atoms. The van der Waals surface area contributed by atoms with Crippen molar-refractivity contribution in [3.63, 3.8) is 0 Å². The second-order valence-electron chi connectivity index (χ2n) is 15.4. The number of piperidine rings is 1. The van der Waals surface area contributed by atoms with Crippen molar-refractivity contribution in [3.05, 3.63) is 71.4 Å². The van der Waals surface area contributed by atoms with E-state index in [-0.39, 0.29) is 54.3 Å². The van der Waals surface area contributed by atoms with Gasteiger partial charge >= 0.3 is 0 Å². The first-order chi connectivity index (χ1) is 25.6. The number of anilines is 2. The number of nitrogens with zero attached hydrogens (tertiary/aromatic N) is 6. The molecule has 6 rings (SSSR count). The fraction of sp³-hybridized carbons (Fsp3) is 0.450. The molecule has 2 saturated heterocycles. The molecule has 13 nitrogen and oxygen atoms in total. The Hall–Kier alpha value is -5.08. The number of carbonyl (C=O) groups excluding carboxylic acids is 3. The summed E-state index contributed by atoms with van der Waals surface area (Å²) in [6, 6.07) is 14.3. The van der Waals surface area contributed by atoms with Gasteiger partial charge in [0.15, 0.2) is 5.82 Å². The Morgan fingerprint density at radius 2 is 1.74 bits per heavy atom. The van der Waals surface area contributed by atoms with Crippen molar-refractivity contribution in [1.82, 2.24) is 30.3 Å². The van der Waals surface area contributed by atoms with Gasteiger partial charge in [0.05, 0.1) is 39.6 Å². The largest absolute Gasteiger partial charge is 0.507 e. The first kappa shape index (κ1) is 38.6. The van der Waals surface area contributed by atoms with E-state index in [1.54, 1.807) is 34.4 Å². The van der Waals surface area contributed by atoms with Crippen LogP contribution in [0.1, 0.15) is 71.2 Å². The Labute approximate surface area is 320 Å². The molecule has 14 heteroatoms. The molecule has 2 aromatic heterocycles. The monoisotopic (exact) mass is 754 g/mol. The normalized spacial score (nSPS) is 19.0. The molecule has 2 aromatic carbocycles. The van der Waals surface area contributed by atoms with Crippen molar-refractivity contribution in [2.75, 3.05) is 30.3 Å². The number of aliphatic hydroxyl groups excluding tert-OH is 1. The second-order valence-corrected chi connectivity index (χ2v) is 16.3. The van der Waals surface area contributed by atoms with Crippen LogP contribution in [0.3, 0.4) is 0 Å². The first-order valence-electron chi connectivity index (χ1n) is 18.4. The van der Waals surface area contributed by atoms with Gasteiger partial charge in [-0.05, 0) is 61.4 Å². The molecule has 4 heterocycles. The summed E-state index contributed by atoms with van der Waals surface area (Å²) in [5.41, 5.74) is 12.1.